The van der Waals surface area contributed by atoms with E-state index in [1.807, 2.05) is 6.92 Å². The van der Waals surface area contributed by atoms with Crippen molar-refractivity contribution in [2.75, 3.05) is 6.61 Å². The van der Waals surface area contributed by atoms with Crippen molar-refractivity contribution in [2.24, 2.45) is 0 Å². The molecule has 0 fully saturated rings. The highest BCUT2D eigenvalue weighted by atomic mass is 19.4. The monoisotopic (exact) mass is 194 g/mol. The Morgan fingerprint density at radius 3 is 2.38 bits per heavy atom. The van der Waals surface area contributed by atoms with E-state index in [1.54, 1.807) is 13.0 Å². The Kier molecular flexibility index (Phi) is 5.26. The number of allylic oxidation sites excluding steroid dienone is 3. The summed E-state index contributed by atoms with van der Waals surface area (Å²) in [6.45, 7) is 2.29. The Morgan fingerprint density at radius 2 is 2.00 bits per heavy atom. The zero-order valence-electron chi connectivity index (χ0n) is 7.69. The second-order valence-corrected chi connectivity index (χ2v) is 2.41. The van der Waals surface area contributed by atoms with Crippen molar-refractivity contribution < 1.29 is 17.9 Å². The lowest BCUT2D eigenvalue weighted by Gasteiger charge is -2.08. The number of alkyl halides is 3. The highest BCUT2D eigenvalue weighted by Crippen LogP contribution is 2.16. The summed E-state index contributed by atoms with van der Waals surface area (Å²) in [5.41, 5.74) is 0. The quantitative estimate of drug-likeness (QED) is 0.492. The molecule has 0 bridgehead atoms. The smallest absolute Gasteiger partial charge is 0.422 e. The van der Waals surface area contributed by atoms with Gasteiger partial charge in [-0.25, -0.2) is 0 Å². The van der Waals surface area contributed by atoms with Gasteiger partial charge in [0, 0.05) is 0 Å². The summed E-state index contributed by atoms with van der Waals surface area (Å²) in [7, 11) is 0. The van der Waals surface area contributed by atoms with Crippen molar-refractivity contribution >= 4 is 0 Å². The van der Waals surface area contributed by atoms with Crippen molar-refractivity contribution in [2.45, 2.75) is 26.4 Å². The molecule has 0 aromatic rings. The third kappa shape index (κ3) is 7.43. The average Bonchev–Trinajstić information content (AvgIpc) is 2.03. The third-order valence-electron chi connectivity index (χ3n) is 1.20. The minimum Gasteiger partial charge on any atom is -0.484 e. The third-order valence-corrected chi connectivity index (χ3v) is 1.20. The molecule has 0 amide bonds. The van der Waals surface area contributed by atoms with Crippen LogP contribution in [-0.4, -0.2) is 12.8 Å². The fraction of sp³-hybridized carbons (Fsp3) is 0.556. The van der Waals surface area contributed by atoms with Gasteiger partial charge in [-0.2, -0.15) is 13.2 Å². The van der Waals surface area contributed by atoms with Gasteiger partial charge in [-0.3, -0.25) is 0 Å². The molecule has 0 aliphatic rings. The Labute approximate surface area is 75.9 Å². The summed E-state index contributed by atoms with van der Waals surface area (Å²) in [5, 5.41) is 0. The molecule has 0 radical (unpaired) electrons. The fourth-order valence-electron chi connectivity index (χ4n) is 0.627. The molecule has 0 saturated heterocycles. The number of rotatable bonds is 4. The van der Waals surface area contributed by atoms with Crippen molar-refractivity contribution in [1.29, 1.82) is 0 Å². The first-order chi connectivity index (χ1) is 5.99. The minimum atomic E-state index is -4.27. The van der Waals surface area contributed by atoms with Gasteiger partial charge in [0.05, 0.1) is 0 Å². The van der Waals surface area contributed by atoms with Gasteiger partial charge in [0.15, 0.2) is 6.61 Å². The molecule has 76 valence electrons. The molecule has 0 heterocycles. The predicted octanol–water partition coefficient (Wildman–Crippen LogP) is 3.44. The SMILES string of the molecule is C/C=C(\C=C/CC)OCC(F)(F)F. The van der Waals surface area contributed by atoms with Crippen LogP contribution in [0.25, 0.3) is 0 Å². The van der Waals surface area contributed by atoms with E-state index in [9.17, 15) is 13.2 Å². The molecule has 0 atom stereocenters. The standard InChI is InChI=1S/C9H13F3O/c1-3-5-6-8(4-2)13-7-9(10,11)12/h4-6H,3,7H2,1-2H3/b6-5-,8-4+. The topological polar surface area (TPSA) is 9.23 Å². The van der Waals surface area contributed by atoms with Crippen LogP contribution in [0.2, 0.25) is 0 Å². The maximum atomic E-state index is 11.7. The lowest BCUT2D eigenvalue weighted by atomic mass is 10.3. The summed E-state index contributed by atoms with van der Waals surface area (Å²) >= 11 is 0. The maximum absolute atomic E-state index is 11.7. The highest BCUT2D eigenvalue weighted by molar-refractivity contribution is 5.10. The van der Waals surface area contributed by atoms with Crippen LogP contribution in [0, 0.1) is 0 Å². The summed E-state index contributed by atoms with van der Waals surface area (Å²) < 4.78 is 39.6. The first-order valence-electron chi connectivity index (χ1n) is 4.02. The van der Waals surface area contributed by atoms with Gasteiger partial charge in [-0.15, -0.1) is 0 Å². The molecule has 0 saturated carbocycles. The van der Waals surface area contributed by atoms with E-state index < -0.39 is 12.8 Å². The Balaban J connectivity index is 3.95. The molecule has 0 N–H and O–H groups in total. The van der Waals surface area contributed by atoms with Gasteiger partial charge >= 0.3 is 6.18 Å². The van der Waals surface area contributed by atoms with Crippen LogP contribution >= 0.6 is 0 Å². The summed E-state index contributed by atoms with van der Waals surface area (Å²) in [5.74, 6) is 0.249. The lowest BCUT2D eigenvalue weighted by Crippen LogP contribution is -2.16. The molecule has 1 nitrogen and oxygen atoms in total. The van der Waals surface area contributed by atoms with Crippen molar-refractivity contribution in [3.05, 3.63) is 24.0 Å². The van der Waals surface area contributed by atoms with E-state index in [4.69, 9.17) is 0 Å². The number of halogens is 3. The molecule has 0 aliphatic heterocycles. The van der Waals surface area contributed by atoms with Crippen molar-refractivity contribution in [3.8, 4) is 0 Å². The molecule has 13 heavy (non-hydrogen) atoms. The first-order valence-corrected chi connectivity index (χ1v) is 4.02. The van der Waals surface area contributed by atoms with E-state index in [0.717, 1.165) is 6.42 Å². The number of hydrogen-bond donors (Lipinski definition) is 0. The lowest BCUT2D eigenvalue weighted by molar-refractivity contribution is -0.163. The van der Waals surface area contributed by atoms with Gasteiger partial charge < -0.3 is 4.74 Å². The zero-order valence-corrected chi connectivity index (χ0v) is 7.69. The molecular formula is C9H13F3O. The zero-order chi connectivity index (χ0) is 10.3. The van der Waals surface area contributed by atoms with E-state index in [2.05, 4.69) is 4.74 Å². The van der Waals surface area contributed by atoms with Crippen LogP contribution in [0.1, 0.15) is 20.3 Å². The van der Waals surface area contributed by atoms with Crippen LogP contribution in [0.15, 0.2) is 24.0 Å². The largest absolute Gasteiger partial charge is 0.484 e. The minimum absolute atomic E-state index is 0.249. The fourth-order valence-corrected chi connectivity index (χ4v) is 0.627. The Morgan fingerprint density at radius 1 is 1.38 bits per heavy atom. The van der Waals surface area contributed by atoms with Crippen LogP contribution in [0.4, 0.5) is 13.2 Å². The van der Waals surface area contributed by atoms with E-state index >= 15 is 0 Å². The Bertz CT molecular complexity index is 192. The molecule has 0 aromatic carbocycles. The molecular weight excluding hydrogens is 181 g/mol. The van der Waals surface area contributed by atoms with Crippen LogP contribution in [0.5, 0.6) is 0 Å². The summed E-state index contributed by atoms with van der Waals surface area (Å²) in [6, 6.07) is 0. The molecule has 0 rings (SSSR count). The molecule has 0 aliphatic carbocycles. The summed E-state index contributed by atoms with van der Waals surface area (Å²) in [6.07, 6.45) is 1.27. The van der Waals surface area contributed by atoms with Gasteiger partial charge in [-0.1, -0.05) is 13.0 Å². The number of hydrogen-bond acceptors (Lipinski definition) is 1. The van der Waals surface area contributed by atoms with Crippen molar-refractivity contribution in [3.63, 3.8) is 0 Å². The van der Waals surface area contributed by atoms with Gasteiger partial charge in [0.2, 0.25) is 0 Å². The normalized spacial score (nSPS) is 13.8. The predicted molar refractivity (Wildman–Crippen MR) is 45.2 cm³/mol. The second kappa shape index (κ2) is 5.67. The molecule has 0 aromatic heterocycles. The molecule has 0 spiro atoms. The van der Waals surface area contributed by atoms with Crippen LogP contribution in [-0.2, 0) is 4.74 Å². The highest BCUT2D eigenvalue weighted by Gasteiger charge is 2.28. The molecule has 4 heteroatoms. The number of ether oxygens (including phenoxy) is 1. The van der Waals surface area contributed by atoms with Gasteiger partial charge in [0.1, 0.15) is 5.76 Å². The van der Waals surface area contributed by atoms with Gasteiger partial charge in [-0.05, 0) is 25.5 Å². The van der Waals surface area contributed by atoms with E-state index in [-0.39, 0.29) is 5.76 Å². The van der Waals surface area contributed by atoms with Crippen LogP contribution in [0.3, 0.4) is 0 Å². The maximum Gasteiger partial charge on any atom is 0.422 e. The second-order valence-electron chi connectivity index (χ2n) is 2.41. The Hall–Kier alpha value is -0.930. The van der Waals surface area contributed by atoms with Crippen molar-refractivity contribution in [1.82, 2.24) is 0 Å². The molecule has 0 unspecified atom stereocenters. The van der Waals surface area contributed by atoms with Crippen LogP contribution < -0.4 is 0 Å². The van der Waals surface area contributed by atoms with E-state index in [0.29, 0.717) is 0 Å². The van der Waals surface area contributed by atoms with Gasteiger partial charge in [0.25, 0.3) is 0 Å². The van der Waals surface area contributed by atoms with E-state index in [1.165, 1.54) is 12.2 Å². The average molecular weight is 194 g/mol. The first kappa shape index (κ1) is 12.1. The summed E-state index contributed by atoms with van der Waals surface area (Å²) in [4.78, 5) is 0.